The molecular formula is C88H168O5. The Bertz CT molecular complexity index is 1480. The quantitative estimate of drug-likeness (QED) is 0.0373. The molecular weight excluding hydrogens is 1140 g/mol. The van der Waals surface area contributed by atoms with Gasteiger partial charge in [-0.25, -0.2) is 0 Å². The van der Waals surface area contributed by atoms with Gasteiger partial charge < -0.3 is 14.6 Å². The first kappa shape index (κ1) is 91.1. The number of aliphatic hydroxyl groups excluding tert-OH is 1. The zero-order chi connectivity index (χ0) is 66.8. The van der Waals surface area contributed by atoms with Gasteiger partial charge >= 0.3 is 11.9 Å². The third-order valence-corrected chi connectivity index (χ3v) is 20.2. The van der Waals surface area contributed by atoms with Crippen molar-refractivity contribution in [1.82, 2.24) is 0 Å². The lowest BCUT2D eigenvalue weighted by molar-refractivity contribution is -0.161. The first-order valence-corrected chi connectivity index (χ1v) is 43.0. The number of allylic oxidation sites excluding steroid dienone is 6. The van der Waals surface area contributed by atoms with Gasteiger partial charge in [0.05, 0.1) is 6.61 Å². The maximum Gasteiger partial charge on any atom is 0.306 e. The lowest BCUT2D eigenvalue weighted by Crippen LogP contribution is -2.28. The summed E-state index contributed by atoms with van der Waals surface area (Å²) < 4.78 is 10.8. The molecule has 93 heavy (non-hydrogen) atoms. The van der Waals surface area contributed by atoms with Gasteiger partial charge in [0.25, 0.3) is 0 Å². The van der Waals surface area contributed by atoms with Crippen molar-refractivity contribution in [2.45, 2.75) is 502 Å². The lowest BCUT2D eigenvalue weighted by atomic mass is 10.0. The van der Waals surface area contributed by atoms with Crippen molar-refractivity contribution < 1.29 is 24.2 Å². The third kappa shape index (κ3) is 82.5. The molecule has 1 unspecified atom stereocenters. The van der Waals surface area contributed by atoms with Crippen LogP contribution in [0, 0.1) is 0 Å². The second-order valence-corrected chi connectivity index (χ2v) is 29.6. The normalized spacial score (nSPS) is 12.2. The molecule has 0 aromatic heterocycles. The maximum absolute atomic E-state index is 12.4. The van der Waals surface area contributed by atoms with Crippen molar-refractivity contribution in [3.05, 3.63) is 36.5 Å². The van der Waals surface area contributed by atoms with Crippen molar-refractivity contribution in [2.75, 3.05) is 13.2 Å². The second kappa shape index (κ2) is 84.3. The molecule has 0 saturated carbocycles. The van der Waals surface area contributed by atoms with Gasteiger partial charge in [0.2, 0.25) is 0 Å². The van der Waals surface area contributed by atoms with E-state index in [0.717, 1.165) is 44.9 Å². The molecule has 1 N–H and O–H groups in total. The standard InChI is InChI=1S/C88H168O5/c1-3-5-7-9-11-13-15-17-19-21-23-25-27-29-31-33-35-37-39-41-43-45-46-48-50-52-54-56-58-60-62-64-66-68-70-72-74-76-78-80-82-87(90)92-85-86(84-89)93-88(91)83-81-79-77-75-73-71-69-67-65-63-61-59-57-55-53-51-49-47-44-42-40-38-36-34-32-30-28-26-24-22-20-18-16-14-12-10-8-6-4-2/h16,18,22,24,28,30,86,89H,3-15,17,19-21,23,25-27,29,31-85H2,1-2H3/b18-16-,24-22-,30-28-. The Balaban J connectivity index is 3.34. The summed E-state index contributed by atoms with van der Waals surface area (Å²) in [4.78, 5) is 24.8. The van der Waals surface area contributed by atoms with Gasteiger partial charge in [0.1, 0.15) is 6.61 Å². The minimum atomic E-state index is -0.770. The molecule has 5 nitrogen and oxygen atoms in total. The van der Waals surface area contributed by atoms with Crippen molar-refractivity contribution in [1.29, 1.82) is 0 Å². The minimum Gasteiger partial charge on any atom is -0.462 e. The number of carbonyl (C=O) groups excluding carboxylic acids is 2. The monoisotopic (exact) mass is 1310 g/mol. The highest BCUT2D eigenvalue weighted by Crippen LogP contribution is 2.21. The molecule has 0 aromatic rings. The molecule has 0 aliphatic carbocycles. The molecule has 0 radical (unpaired) electrons. The number of aliphatic hydroxyl groups is 1. The number of carbonyl (C=O) groups is 2. The molecule has 0 heterocycles. The Morgan fingerprint density at radius 3 is 0.645 bits per heavy atom. The molecule has 0 aliphatic heterocycles. The second-order valence-electron chi connectivity index (χ2n) is 29.6. The molecule has 0 aromatic carbocycles. The molecule has 0 spiro atoms. The molecule has 550 valence electrons. The van der Waals surface area contributed by atoms with E-state index in [2.05, 4.69) is 50.3 Å². The van der Waals surface area contributed by atoms with E-state index < -0.39 is 6.10 Å². The van der Waals surface area contributed by atoms with Gasteiger partial charge in [0, 0.05) is 12.8 Å². The van der Waals surface area contributed by atoms with Crippen LogP contribution in [0.15, 0.2) is 36.5 Å². The van der Waals surface area contributed by atoms with Crippen LogP contribution >= 0.6 is 0 Å². The molecule has 1 atom stereocenters. The summed E-state index contributed by atoms with van der Waals surface area (Å²) in [5.74, 6) is -0.559. The molecule has 0 aliphatic rings. The fourth-order valence-corrected chi connectivity index (χ4v) is 13.8. The average molecular weight is 1310 g/mol. The predicted molar refractivity (Wildman–Crippen MR) is 413 cm³/mol. The van der Waals surface area contributed by atoms with Crippen molar-refractivity contribution in [3.63, 3.8) is 0 Å². The fourth-order valence-electron chi connectivity index (χ4n) is 13.8. The Labute approximate surface area is 584 Å². The first-order valence-electron chi connectivity index (χ1n) is 43.0. The average Bonchev–Trinajstić information content (AvgIpc) is 3.62. The van der Waals surface area contributed by atoms with Gasteiger partial charge in [-0.15, -0.1) is 0 Å². The van der Waals surface area contributed by atoms with E-state index in [0.29, 0.717) is 12.8 Å². The highest BCUT2D eigenvalue weighted by atomic mass is 16.6. The predicted octanol–water partition coefficient (Wildman–Crippen LogP) is 30.4. The molecule has 0 saturated heterocycles. The van der Waals surface area contributed by atoms with Crippen LogP contribution in [-0.2, 0) is 19.1 Å². The van der Waals surface area contributed by atoms with Gasteiger partial charge in [-0.2, -0.15) is 0 Å². The Hall–Kier alpha value is -1.88. The highest BCUT2D eigenvalue weighted by molar-refractivity contribution is 5.70. The van der Waals surface area contributed by atoms with Crippen molar-refractivity contribution in [2.24, 2.45) is 0 Å². The SMILES string of the molecule is CCCCCCC/C=C\C/C=C\C/C=C\CCCCCCCCCCCCCCCCCCCCCCCCCCC(=O)OC(CO)COC(=O)CCCCCCCCCCCCCCCCCCCCCCCCCCCCCCCCCCCCCCCCCC. The number of ether oxygens (including phenoxy) is 2. The van der Waals surface area contributed by atoms with Crippen LogP contribution < -0.4 is 0 Å². The van der Waals surface area contributed by atoms with Crippen LogP contribution in [0.4, 0.5) is 0 Å². The summed E-state index contributed by atoms with van der Waals surface area (Å²) in [6.07, 6.45) is 114. The molecule has 0 bridgehead atoms. The highest BCUT2D eigenvalue weighted by Gasteiger charge is 2.16. The van der Waals surface area contributed by atoms with Crippen LogP contribution in [0.2, 0.25) is 0 Å². The zero-order valence-corrected chi connectivity index (χ0v) is 63.6. The van der Waals surface area contributed by atoms with Crippen LogP contribution in [0.5, 0.6) is 0 Å². The van der Waals surface area contributed by atoms with E-state index in [4.69, 9.17) is 9.47 Å². The largest absolute Gasteiger partial charge is 0.462 e. The van der Waals surface area contributed by atoms with Gasteiger partial charge in [-0.3, -0.25) is 9.59 Å². The number of rotatable bonds is 82. The molecule has 0 amide bonds. The summed E-state index contributed by atoms with van der Waals surface area (Å²) in [6, 6.07) is 0. The topological polar surface area (TPSA) is 72.8 Å². The minimum absolute atomic E-state index is 0.0575. The molecule has 0 rings (SSSR count). The van der Waals surface area contributed by atoms with E-state index >= 15 is 0 Å². The molecule has 5 heteroatoms. The Kier molecular flexibility index (Phi) is 82.6. The number of hydrogen-bond acceptors (Lipinski definition) is 5. The first-order chi connectivity index (χ1) is 46.1. The smallest absolute Gasteiger partial charge is 0.306 e. The lowest BCUT2D eigenvalue weighted by Gasteiger charge is -2.15. The van der Waals surface area contributed by atoms with E-state index in [1.54, 1.807) is 0 Å². The van der Waals surface area contributed by atoms with Crippen LogP contribution in [0.1, 0.15) is 495 Å². The Morgan fingerprint density at radius 1 is 0.247 bits per heavy atom. The molecule has 0 fully saturated rings. The number of unbranched alkanes of at least 4 members (excludes halogenated alkanes) is 68. The summed E-state index contributed by atoms with van der Waals surface area (Å²) in [6.45, 7) is 4.21. The maximum atomic E-state index is 12.4. The van der Waals surface area contributed by atoms with Crippen molar-refractivity contribution in [3.8, 4) is 0 Å². The van der Waals surface area contributed by atoms with E-state index in [1.165, 1.54) is 424 Å². The summed E-state index contributed by atoms with van der Waals surface area (Å²) >= 11 is 0. The summed E-state index contributed by atoms with van der Waals surface area (Å²) in [5, 5.41) is 9.74. The van der Waals surface area contributed by atoms with Crippen LogP contribution in [0.25, 0.3) is 0 Å². The van der Waals surface area contributed by atoms with Gasteiger partial charge in [0.15, 0.2) is 6.10 Å². The summed E-state index contributed by atoms with van der Waals surface area (Å²) in [5.41, 5.74) is 0. The number of hydrogen-bond donors (Lipinski definition) is 1. The van der Waals surface area contributed by atoms with Crippen LogP contribution in [-0.4, -0.2) is 36.4 Å². The zero-order valence-electron chi connectivity index (χ0n) is 63.6. The van der Waals surface area contributed by atoms with Crippen LogP contribution in [0.3, 0.4) is 0 Å². The van der Waals surface area contributed by atoms with Gasteiger partial charge in [-0.05, 0) is 51.4 Å². The van der Waals surface area contributed by atoms with Crippen molar-refractivity contribution >= 4 is 11.9 Å². The third-order valence-electron chi connectivity index (χ3n) is 20.2. The van der Waals surface area contributed by atoms with E-state index in [9.17, 15) is 14.7 Å². The Morgan fingerprint density at radius 2 is 0.430 bits per heavy atom. The fraction of sp³-hybridized carbons (Fsp3) is 0.909. The van der Waals surface area contributed by atoms with E-state index in [-0.39, 0.29) is 25.2 Å². The summed E-state index contributed by atoms with van der Waals surface area (Å²) in [7, 11) is 0. The van der Waals surface area contributed by atoms with E-state index in [1.807, 2.05) is 0 Å². The number of esters is 2. The van der Waals surface area contributed by atoms with Gasteiger partial charge in [-0.1, -0.05) is 468 Å².